The maximum Gasteiger partial charge on any atom is 0.321 e. The highest BCUT2D eigenvalue weighted by atomic mass is 35.5. The molecular weight excluding hydrogens is 454 g/mol. The number of rotatable bonds is 6. The molecule has 0 aromatic heterocycles. The summed E-state index contributed by atoms with van der Waals surface area (Å²) in [5.74, 6) is -2.94. The Morgan fingerprint density at radius 3 is 2.53 bits per heavy atom. The van der Waals surface area contributed by atoms with Crippen molar-refractivity contribution in [2.24, 2.45) is 5.41 Å². The number of halogens is 3. The van der Waals surface area contributed by atoms with E-state index in [1.807, 2.05) is 20.8 Å². The third-order valence-electron chi connectivity index (χ3n) is 6.12. The molecule has 2 aromatic rings. The zero-order chi connectivity index (χ0) is 23.8. The number of hydrogen-bond donors (Lipinski definition) is 3. The van der Waals surface area contributed by atoms with Crippen molar-refractivity contribution in [3.63, 3.8) is 0 Å². The average molecular weight is 481 g/mol. The van der Waals surface area contributed by atoms with E-state index in [0.29, 0.717) is 22.7 Å². The van der Waals surface area contributed by atoms with Gasteiger partial charge in [0.1, 0.15) is 18.1 Å². The monoisotopic (exact) mass is 480 g/mol. The van der Waals surface area contributed by atoms with Gasteiger partial charge in [0.05, 0.1) is 10.4 Å². The lowest BCUT2D eigenvalue weighted by Gasteiger charge is -2.39. The van der Waals surface area contributed by atoms with Crippen LogP contribution in [0.2, 0.25) is 10.0 Å². The van der Waals surface area contributed by atoms with Crippen LogP contribution in [0.15, 0.2) is 36.4 Å². The fourth-order valence-corrected chi connectivity index (χ4v) is 5.22. The first-order valence-electron chi connectivity index (χ1n) is 10.3. The molecule has 172 valence electrons. The minimum Gasteiger partial charge on any atom is -0.480 e. The van der Waals surface area contributed by atoms with Gasteiger partial charge in [0, 0.05) is 29.7 Å². The van der Waals surface area contributed by atoms with E-state index in [1.54, 1.807) is 31.3 Å². The van der Waals surface area contributed by atoms with Gasteiger partial charge in [-0.1, -0.05) is 62.2 Å². The van der Waals surface area contributed by atoms with Gasteiger partial charge < -0.3 is 15.2 Å². The van der Waals surface area contributed by atoms with Crippen molar-refractivity contribution >= 4 is 41.1 Å². The maximum absolute atomic E-state index is 15.3. The fraction of sp³-hybridized carbons (Fsp3) is 0.417. The third-order valence-corrected chi connectivity index (χ3v) is 6.64. The Kier molecular flexibility index (Phi) is 6.89. The van der Waals surface area contributed by atoms with E-state index in [4.69, 9.17) is 23.2 Å². The van der Waals surface area contributed by atoms with Crippen molar-refractivity contribution in [3.05, 3.63) is 63.4 Å². The molecule has 2 aromatic carbocycles. The summed E-state index contributed by atoms with van der Waals surface area (Å²) in [5.41, 5.74) is -0.440. The summed E-state index contributed by atoms with van der Waals surface area (Å²) >= 11 is 12.3. The van der Waals surface area contributed by atoms with Crippen LogP contribution in [0.5, 0.6) is 0 Å². The van der Waals surface area contributed by atoms with E-state index in [0.717, 1.165) is 6.29 Å². The summed E-state index contributed by atoms with van der Waals surface area (Å²) in [6, 6.07) is 7.70. The molecule has 0 saturated carbocycles. The molecular formula is C24H27Cl2FN2O3. The van der Waals surface area contributed by atoms with Crippen molar-refractivity contribution < 1.29 is 19.1 Å². The molecule has 1 fully saturated rings. The lowest BCUT2D eigenvalue weighted by Crippen LogP contribution is -2.46. The van der Waals surface area contributed by atoms with E-state index in [2.05, 4.69) is 10.6 Å². The number of benzene rings is 2. The molecule has 0 amide bonds. The quantitative estimate of drug-likeness (QED) is 0.491. The molecule has 32 heavy (non-hydrogen) atoms. The highest BCUT2D eigenvalue weighted by Gasteiger charge is 2.60. The van der Waals surface area contributed by atoms with Gasteiger partial charge in [-0.3, -0.25) is 10.1 Å². The minimum absolute atomic E-state index is 0.0814. The molecule has 8 heteroatoms. The Morgan fingerprint density at radius 2 is 1.97 bits per heavy atom. The summed E-state index contributed by atoms with van der Waals surface area (Å²) in [6.45, 7) is 6.02. The van der Waals surface area contributed by atoms with Gasteiger partial charge >= 0.3 is 5.97 Å². The van der Waals surface area contributed by atoms with Crippen LogP contribution in [0, 0.1) is 11.2 Å². The number of carbonyl (C=O) groups is 2. The topological polar surface area (TPSA) is 78.4 Å². The zero-order valence-electron chi connectivity index (χ0n) is 18.4. The fourth-order valence-electron chi connectivity index (χ4n) is 4.87. The molecule has 1 saturated heterocycles. The van der Waals surface area contributed by atoms with Crippen LogP contribution in [0.25, 0.3) is 0 Å². The lowest BCUT2D eigenvalue weighted by molar-refractivity contribution is -0.139. The molecule has 3 N–H and O–H groups in total. The van der Waals surface area contributed by atoms with Gasteiger partial charge in [-0.05, 0) is 41.2 Å². The molecule has 5 nitrogen and oxygen atoms in total. The number of nitrogens with one attached hydrogen (secondary N) is 2. The predicted octanol–water partition coefficient (Wildman–Crippen LogP) is 5.26. The Balaban J connectivity index is 2.40. The van der Waals surface area contributed by atoms with Crippen LogP contribution in [0.4, 0.5) is 10.1 Å². The summed E-state index contributed by atoms with van der Waals surface area (Å²) in [7, 11) is 1.69. The molecule has 0 bridgehead atoms. The first-order valence-corrected chi connectivity index (χ1v) is 11.1. The highest BCUT2D eigenvalue weighted by Crippen LogP contribution is 2.53. The largest absolute Gasteiger partial charge is 0.480 e. The zero-order valence-corrected chi connectivity index (χ0v) is 19.9. The number of anilines is 1. The van der Waals surface area contributed by atoms with E-state index >= 15 is 4.39 Å². The number of aldehydes is 1. The number of aliphatic carboxylic acids is 1. The van der Waals surface area contributed by atoms with Crippen molar-refractivity contribution in [2.45, 2.75) is 50.6 Å². The second-order valence-corrected chi connectivity index (χ2v) is 10.3. The molecule has 3 rings (SSSR count). The minimum atomic E-state index is -1.40. The van der Waals surface area contributed by atoms with Crippen LogP contribution in [-0.4, -0.2) is 36.5 Å². The average Bonchev–Trinajstić information content (AvgIpc) is 3.03. The van der Waals surface area contributed by atoms with Crippen LogP contribution < -0.4 is 10.6 Å². The van der Waals surface area contributed by atoms with Crippen molar-refractivity contribution in [3.8, 4) is 0 Å². The van der Waals surface area contributed by atoms with E-state index in [9.17, 15) is 14.7 Å². The third kappa shape index (κ3) is 4.24. The van der Waals surface area contributed by atoms with Crippen molar-refractivity contribution in [1.29, 1.82) is 0 Å². The van der Waals surface area contributed by atoms with E-state index in [1.165, 1.54) is 12.1 Å². The van der Waals surface area contributed by atoms with Crippen molar-refractivity contribution in [1.82, 2.24) is 5.32 Å². The molecule has 0 radical (unpaired) electrons. The van der Waals surface area contributed by atoms with Crippen molar-refractivity contribution in [2.75, 3.05) is 12.4 Å². The molecule has 4 atom stereocenters. The molecule has 1 aliphatic rings. The van der Waals surface area contributed by atoms with Gasteiger partial charge in [0.25, 0.3) is 0 Å². The number of carboxylic acid groups (broad SMARTS) is 1. The second-order valence-electron chi connectivity index (χ2n) is 9.41. The molecule has 1 aliphatic heterocycles. The van der Waals surface area contributed by atoms with Gasteiger partial charge in [0.2, 0.25) is 0 Å². The lowest BCUT2D eigenvalue weighted by atomic mass is 9.62. The first-order chi connectivity index (χ1) is 15.0. The predicted molar refractivity (Wildman–Crippen MR) is 125 cm³/mol. The van der Waals surface area contributed by atoms with Gasteiger partial charge in [-0.25, -0.2) is 4.39 Å². The van der Waals surface area contributed by atoms with Crippen LogP contribution in [-0.2, 0) is 15.0 Å². The number of carboxylic acids is 1. The normalized spacial score (nSPS) is 25.5. The number of carbonyl (C=O) groups excluding carboxylic acids is 1. The first kappa shape index (κ1) is 24.5. The highest BCUT2D eigenvalue weighted by molar-refractivity contribution is 6.31. The molecule has 0 aliphatic carbocycles. The summed E-state index contributed by atoms with van der Waals surface area (Å²) in [4.78, 5) is 25.4. The van der Waals surface area contributed by atoms with Gasteiger partial charge in [-0.15, -0.1) is 0 Å². The smallest absolute Gasteiger partial charge is 0.321 e. The molecule has 1 heterocycles. The maximum atomic E-state index is 15.3. The van der Waals surface area contributed by atoms with E-state index < -0.39 is 35.2 Å². The molecule has 0 spiro atoms. The molecule has 4 unspecified atom stereocenters. The summed E-state index contributed by atoms with van der Waals surface area (Å²) in [6.07, 6.45) is 1.23. The Hall–Kier alpha value is -2.15. The summed E-state index contributed by atoms with van der Waals surface area (Å²) in [5, 5.41) is 16.6. The summed E-state index contributed by atoms with van der Waals surface area (Å²) < 4.78 is 15.3. The second kappa shape index (κ2) is 9.00. The van der Waals surface area contributed by atoms with Crippen LogP contribution >= 0.6 is 23.2 Å². The van der Waals surface area contributed by atoms with E-state index in [-0.39, 0.29) is 16.0 Å². The van der Waals surface area contributed by atoms with Crippen LogP contribution in [0.1, 0.15) is 44.2 Å². The Morgan fingerprint density at radius 1 is 1.28 bits per heavy atom. The number of hydrogen-bond acceptors (Lipinski definition) is 4. The Labute approximate surface area is 197 Å². The standard InChI is InChI=1S/C24H27Cl2FN2O3/c1-23(2,3)11-18-24(12-30,15-9-8-13(25)10-17(15)28-4)19(21(29-18)22(31)32)14-6-5-7-16(26)20(14)27/h5-10,12,18-19,21,28-29H,11H2,1-4H3,(H,31,32). The Bertz CT molecular complexity index is 1040. The van der Waals surface area contributed by atoms with Gasteiger partial charge in [-0.2, -0.15) is 0 Å². The SMILES string of the molecule is CNc1cc(Cl)ccc1C1(C=O)C(CC(C)(C)C)NC(C(=O)O)C1c1cccc(Cl)c1F. The van der Waals surface area contributed by atoms with Crippen LogP contribution in [0.3, 0.4) is 0 Å². The van der Waals surface area contributed by atoms with Gasteiger partial charge in [0.15, 0.2) is 0 Å².